The molecule has 4 rings (SSSR count). The topological polar surface area (TPSA) is 82.0 Å². The molecule has 2 saturated heterocycles. The van der Waals surface area contributed by atoms with Crippen molar-refractivity contribution in [1.82, 2.24) is 10.2 Å². The van der Waals surface area contributed by atoms with Crippen LogP contribution in [0.3, 0.4) is 0 Å². The van der Waals surface area contributed by atoms with E-state index < -0.39 is 6.04 Å². The minimum Gasteiger partial charge on any atom is -0.411 e. The van der Waals surface area contributed by atoms with Crippen molar-refractivity contribution in [2.24, 2.45) is 5.16 Å². The van der Waals surface area contributed by atoms with Gasteiger partial charge in [-0.25, -0.2) is 0 Å². The summed E-state index contributed by atoms with van der Waals surface area (Å²) in [6.45, 7) is 0. The normalized spacial score (nSPS) is 26.6. The molecule has 3 atom stereocenters. The number of thioether (sulfide) groups is 2. The predicted octanol–water partition coefficient (Wildman–Crippen LogP) is 2.37. The van der Waals surface area contributed by atoms with E-state index in [0.29, 0.717) is 23.9 Å². The van der Waals surface area contributed by atoms with E-state index in [1.807, 2.05) is 12.1 Å². The monoisotopic (exact) mass is 417 g/mol. The second kappa shape index (κ2) is 8.71. The molecular weight excluding hydrogens is 394 g/mol. The van der Waals surface area contributed by atoms with Gasteiger partial charge in [0.05, 0.1) is 23.4 Å². The van der Waals surface area contributed by atoms with Crippen LogP contribution >= 0.6 is 23.5 Å². The van der Waals surface area contributed by atoms with E-state index in [0.717, 1.165) is 12.8 Å². The molecule has 0 bridgehead atoms. The van der Waals surface area contributed by atoms with Crippen LogP contribution in [0.1, 0.15) is 24.0 Å². The molecule has 0 saturated carbocycles. The van der Waals surface area contributed by atoms with Gasteiger partial charge < -0.3 is 10.1 Å². The molecule has 0 aromatic heterocycles. The third-order valence-corrected chi connectivity index (χ3v) is 7.68. The Labute approximate surface area is 172 Å². The smallest absolute Gasteiger partial charge is 0.242 e. The molecule has 2 N–H and O–H groups in total. The van der Waals surface area contributed by atoms with Crippen LogP contribution in [0.25, 0.3) is 6.08 Å². The van der Waals surface area contributed by atoms with Gasteiger partial charge in [0, 0.05) is 18.1 Å². The van der Waals surface area contributed by atoms with E-state index in [1.54, 1.807) is 16.7 Å². The van der Waals surface area contributed by atoms with Gasteiger partial charge in [-0.2, -0.15) is 0 Å². The van der Waals surface area contributed by atoms with Crippen molar-refractivity contribution in [3.63, 3.8) is 0 Å². The molecule has 148 valence electrons. The molecule has 2 fully saturated rings. The van der Waals surface area contributed by atoms with Crippen LogP contribution in [0.5, 0.6) is 0 Å². The summed E-state index contributed by atoms with van der Waals surface area (Å²) in [7, 11) is 0. The summed E-state index contributed by atoms with van der Waals surface area (Å²) in [4.78, 5) is 27.6. The number of carbonyl (C=O) groups is 2. The van der Waals surface area contributed by atoms with Crippen LogP contribution in [0, 0.1) is 0 Å². The Kier molecular flexibility index (Phi) is 6.08. The van der Waals surface area contributed by atoms with E-state index in [2.05, 4.69) is 28.7 Å². The van der Waals surface area contributed by atoms with Crippen molar-refractivity contribution >= 4 is 47.5 Å². The van der Waals surface area contributed by atoms with Gasteiger partial charge >= 0.3 is 0 Å². The number of benzene rings is 1. The molecule has 3 aliphatic rings. The van der Waals surface area contributed by atoms with Crippen molar-refractivity contribution < 1.29 is 14.8 Å². The lowest BCUT2D eigenvalue weighted by molar-refractivity contribution is -0.134. The van der Waals surface area contributed by atoms with Crippen molar-refractivity contribution in [1.29, 1.82) is 0 Å². The molecule has 1 aromatic carbocycles. The van der Waals surface area contributed by atoms with Crippen molar-refractivity contribution in [2.75, 3.05) is 17.5 Å². The van der Waals surface area contributed by atoms with Gasteiger partial charge in [0.25, 0.3) is 0 Å². The molecule has 28 heavy (non-hydrogen) atoms. The minimum atomic E-state index is -0.499. The van der Waals surface area contributed by atoms with Crippen LogP contribution < -0.4 is 5.32 Å². The Morgan fingerprint density at radius 3 is 3.04 bits per heavy atom. The molecule has 1 aromatic rings. The summed E-state index contributed by atoms with van der Waals surface area (Å²) in [6.07, 6.45) is 5.69. The van der Waals surface area contributed by atoms with E-state index in [9.17, 15) is 9.59 Å². The average molecular weight is 418 g/mol. The number of rotatable bonds is 6. The van der Waals surface area contributed by atoms with Crippen LogP contribution in [-0.4, -0.2) is 62.9 Å². The van der Waals surface area contributed by atoms with E-state index in [-0.39, 0.29) is 23.0 Å². The van der Waals surface area contributed by atoms with Crippen molar-refractivity contribution in [2.45, 2.75) is 36.6 Å². The van der Waals surface area contributed by atoms with Gasteiger partial charge in [-0.1, -0.05) is 41.1 Å². The maximum Gasteiger partial charge on any atom is 0.242 e. The molecular formula is C20H23N3O3S2. The number of Topliss-reactive ketones (excluding diaryl/α,β-unsaturated/α-hetero) is 1. The fourth-order valence-electron chi connectivity index (χ4n) is 3.93. The number of nitrogens with zero attached hydrogens (tertiary/aromatic N) is 2. The fourth-order valence-corrected chi connectivity index (χ4v) is 6.22. The first-order valence-electron chi connectivity index (χ1n) is 9.38. The molecule has 0 radical (unpaired) electrons. The van der Waals surface area contributed by atoms with Crippen LogP contribution in [0.2, 0.25) is 0 Å². The maximum absolute atomic E-state index is 13.0. The largest absolute Gasteiger partial charge is 0.411 e. The van der Waals surface area contributed by atoms with Crippen LogP contribution in [-0.2, 0) is 16.0 Å². The number of amides is 1. The average Bonchev–Trinajstić information content (AvgIpc) is 3.44. The highest BCUT2D eigenvalue weighted by molar-refractivity contribution is 8.01. The van der Waals surface area contributed by atoms with Crippen LogP contribution in [0.15, 0.2) is 35.0 Å². The minimum absolute atomic E-state index is 0.0780. The van der Waals surface area contributed by atoms with Crippen molar-refractivity contribution in [3.05, 3.63) is 41.0 Å². The Morgan fingerprint density at radius 1 is 1.36 bits per heavy atom. The van der Waals surface area contributed by atoms with E-state index in [1.165, 1.54) is 34.7 Å². The highest BCUT2D eigenvalue weighted by Crippen LogP contribution is 2.31. The zero-order chi connectivity index (χ0) is 19.5. The molecule has 1 unspecified atom stereocenters. The molecule has 0 spiro atoms. The number of oxime groups is 1. The summed E-state index contributed by atoms with van der Waals surface area (Å²) in [5.74, 6) is 1.92. The molecule has 1 aliphatic carbocycles. The predicted molar refractivity (Wildman–Crippen MR) is 114 cm³/mol. The zero-order valence-electron chi connectivity index (χ0n) is 15.4. The quantitative estimate of drug-likeness (QED) is 0.420. The highest BCUT2D eigenvalue weighted by Gasteiger charge is 2.42. The van der Waals surface area contributed by atoms with Gasteiger partial charge in [0.15, 0.2) is 0 Å². The molecule has 2 heterocycles. The third-order valence-electron chi connectivity index (χ3n) is 5.42. The number of carbonyl (C=O) groups excluding carboxylic acids is 2. The summed E-state index contributed by atoms with van der Waals surface area (Å²) in [5, 5.41) is 14.7. The Balaban J connectivity index is 1.36. The molecule has 6 nitrogen and oxygen atoms in total. The first-order valence-corrected chi connectivity index (χ1v) is 11.6. The van der Waals surface area contributed by atoms with Gasteiger partial charge in [-0.15, -0.1) is 23.5 Å². The number of allylic oxidation sites excluding steroid dienone is 1. The fraction of sp³-hybridized carbons (Fsp3) is 0.450. The number of hydrogen-bond acceptors (Lipinski definition) is 7. The second-order valence-corrected chi connectivity index (χ2v) is 9.33. The Hall–Kier alpha value is -1.77. The highest BCUT2D eigenvalue weighted by atomic mass is 32.2. The first kappa shape index (κ1) is 19.5. The SMILES string of the molecule is O=C(CCC1=Cc2ccccc2C1)C1SCN[C@@H]1C(=O)N1CSC[C@H]1C=NO. The maximum atomic E-state index is 13.0. The number of fused-ring (bicyclic) bond motifs is 1. The molecule has 1 amide bonds. The van der Waals surface area contributed by atoms with Gasteiger partial charge in [0.2, 0.25) is 5.91 Å². The van der Waals surface area contributed by atoms with Gasteiger partial charge in [0.1, 0.15) is 11.8 Å². The molecule has 8 heteroatoms. The molecule has 2 aliphatic heterocycles. The van der Waals surface area contributed by atoms with Crippen molar-refractivity contribution in [3.8, 4) is 0 Å². The lowest BCUT2D eigenvalue weighted by atomic mass is 10.0. The Bertz CT molecular complexity index is 827. The van der Waals surface area contributed by atoms with E-state index >= 15 is 0 Å². The van der Waals surface area contributed by atoms with Crippen LogP contribution in [0.4, 0.5) is 0 Å². The standard InChI is InChI=1S/C20H23N3O3S2/c24-17(6-5-13-7-14-3-1-2-4-15(14)8-13)19-18(21-11-28-19)20(25)23-12-27-10-16(23)9-22-26/h1-4,7,9,16,18-19,21,26H,5-6,8,10-12H2/t16-,18+,19?/m1/s1. The Morgan fingerprint density at radius 2 is 2.21 bits per heavy atom. The number of nitrogens with one attached hydrogen (secondary N) is 1. The lowest BCUT2D eigenvalue weighted by Gasteiger charge is -2.26. The summed E-state index contributed by atoms with van der Waals surface area (Å²) < 4.78 is 0. The first-order chi connectivity index (χ1) is 13.7. The van der Waals surface area contributed by atoms with Gasteiger partial charge in [-0.05, 0) is 24.0 Å². The summed E-state index contributed by atoms with van der Waals surface area (Å²) >= 11 is 3.14. The number of hydrogen-bond donors (Lipinski definition) is 2. The summed E-state index contributed by atoms with van der Waals surface area (Å²) in [5.41, 5.74) is 3.85. The third kappa shape index (κ3) is 3.99. The van der Waals surface area contributed by atoms with E-state index in [4.69, 9.17) is 5.21 Å². The number of ketones is 1. The van der Waals surface area contributed by atoms with Gasteiger partial charge in [-0.3, -0.25) is 14.9 Å². The lowest BCUT2D eigenvalue weighted by Crippen LogP contribution is -2.51. The summed E-state index contributed by atoms with van der Waals surface area (Å²) in [6, 6.07) is 7.60. The second-order valence-electron chi connectivity index (χ2n) is 7.20. The zero-order valence-corrected chi connectivity index (χ0v) is 17.0.